The van der Waals surface area contributed by atoms with Gasteiger partial charge in [-0.2, -0.15) is 4.98 Å². The molecule has 0 unspecified atom stereocenters. The van der Waals surface area contributed by atoms with E-state index in [0.717, 1.165) is 12.1 Å². The van der Waals surface area contributed by atoms with Gasteiger partial charge >= 0.3 is 0 Å². The van der Waals surface area contributed by atoms with Crippen LogP contribution in [-0.4, -0.2) is 55.9 Å². The molecule has 2 aliphatic rings. The molecule has 3 heterocycles. The van der Waals surface area contributed by atoms with Crippen molar-refractivity contribution >= 4 is 46.3 Å². The van der Waals surface area contributed by atoms with Crippen molar-refractivity contribution in [3.05, 3.63) is 35.0 Å². The summed E-state index contributed by atoms with van der Waals surface area (Å²) in [5, 5.41) is 15.9. The quantitative estimate of drug-likeness (QED) is 0.399. The van der Waals surface area contributed by atoms with Gasteiger partial charge in [-0.1, -0.05) is 11.6 Å². The van der Waals surface area contributed by atoms with Crippen LogP contribution in [0.5, 0.6) is 0 Å². The van der Waals surface area contributed by atoms with Crippen LogP contribution in [0.25, 0.3) is 11.2 Å². The van der Waals surface area contributed by atoms with E-state index >= 15 is 0 Å². The Hall–Kier alpha value is -3.09. The molecule has 5 N–H and O–H groups in total. The minimum Gasteiger partial charge on any atom is -0.388 e. The molecular weight excluding hydrogens is 484 g/mol. The van der Waals surface area contributed by atoms with Crippen LogP contribution in [0.2, 0.25) is 5.02 Å². The van der Waals surface area contributed by atoms with Gasteiger partial charge in [0.2, 0.25) is 17.8 Å². The molecule has 35 heavy (non-hydrogen) atoms. The van der Waals surface area contributed by atoms with Crippen molar-refractivity contribution in [1.82, 2.24) is 19.5 Å². The largest absolute Gasteiger partial charge is 0.388 e. The number of primary amides is 1. The number of anilines is 3. The number of aromatic nitrogens is 4. The number of nitrogens with one attached hydrogen (secondary N) is 2. The number of ether oxygens (including phenoxy) is 1. The molecule has 5 rings (SSSR count). The number of halogens is 3. The van der Waals surface area contributed by atoms with E-state index in [-0.39, 0.29) is 53.1 Å². The first-order valence-electron chi connectivity index (χ1n) is 11.3. The van der Waals surface area contributed by atoms with Crippen molar-refractivity contribution in [3.8, 4) is 0 Å². The number of imidazole rings is 1. The van der Waals surface area contributed by atoms with Crippen molar-refractivity contribution in [2.75, 3.05) is 23.8 Å². The highest BCUT2D eigenvalue weighted by Crippen LogP contribution is 2.38. The summed E-state index contributed by atoms with van der Waals surface area (Å²) in [4.78, 5) is 25.1. The van der Waals surface area contributed by atoms with Gasteiger partial charge in [0.1, 0.15) is 11.3 Å². The maximum absolute atomic E-state index is 14.5. The molecule has 186 valence electrons. The van der Waals surface area contributed by atoms with Gasteiger partial charge in [-0.05, 0) is 31.7 Å². The summed E-state index contributed by atoms with van der Waals surface area (Å²) in [5.74, 6) is -1.67. The predicted molar refractivity (Wildman–Crippen MR) is 124 cm³/mol. The van der Waals surface area contributed by atoms with Crippen molar-refractivity contribution < 1.29 is 23.4 Å². The van der Waals surface area contributed by atoms with Crippen LogP contribution in [0.3, 0.4) is 0 Å². The summed E-state index contributed by atoms with van der Waals surface area (Å²) in [6.07, 6.45) is 3.25. The topological polar surface area (TPSA) is 140 Å². The SMILES string of the molecule is NC(=O)[C@H]1CC[C@H](n2c(Nc3c(F)cc(F)cc3Cl)nc3cnc(N[C@H]4COC[C@@H]4O)nc32)CC1. The Kier molecular flexibility index (Phi) is 6.43. The average molecular weight is 508 g/mol. The van der Waals surface area contributed by atoms with Gasteiger partial charge in [0.25, 0.3) is 0 Å². The van der Waals surface area contributed by atoms with E-state index in [1.54, 1.807) is 0 Å². The van der Waals surface area contributed by atoms with Gasteiger partial charge < -0.3 is 26.2 Å². The van der Waals surface area contributed by atoms with Crippen LogP contribution < -0.4 is 16.4 Å². The summed E-state index contributed by atoms with van der Waals surface area (Å²) < 4.78 is 35.2. The molecule has 3 aromatic rings. The molecule has 1 aliphatic carbocycles. The Labute approximate surface area is 203 Å². The van der Waals surface area contributed by atoms with E-state index < -0.39 is 17.7 Å². The number of carbonyl (C=O) groups is 1. The molecule has 2 aromatic heterocycles. The molecule has 1 amide bonds. The second-order valence-corrected chi connectivity index (χ2v) is 9.25. The molecule has 2 atom stereocenters. The van der Waals surface area contributed by atoms with Crippen molar-refractivity contribution in [2.45, 2.75) is 43.9 Å². The Morgan fingerprint density at radius 2 is 1.97 bits per heavy atom. The number of carbonyl (C=O) groups excluding carboxylic acids is 1. The summed E-state index contributed by atoms with van der Waals surface area (Å²) in [6.45, 7) is 0.535. The zero-order valence-electron chi connectivity index (χ0n) is 18.5. The highest BCUT2D eigenvalue weighted by atomic mass is 35.5. The number of nitrogens with two attached hydrogens (primary N) is 1. The fourth-order valence-corrected chi connectivity index (χ4v) is 4.87. The maximum Gasteiger partial charge on any atom is 0.225 e. The number of amides is 1. The van der Waals surface area contributed by atoms with Gasteiger partial charge in [-0.3, -0.25) is 9.36 Å². The maximum atomic E-state index is 14.5. The Balaban J connectivity index is 1.54. The van der Waals surface area contributed by atoms with Crippen molar-refractivity contribution in [2.24, 2.45) is 11.7 Å². The molecule has 1 saturated carbocycles. The standard InChI is InChI=1S/C22H24ClF2N7O3/c23-13-5-11(24)6-14(25)18(13)30-22-29-15-7-27-21(28-16-8-35-9-17(16)33)31-20(15)32(22)12-3-1-10(2-4-12)19(26)34/h5-7,10,12,16-17,33H,1-4,8-9H2,(H2,26,34)(H,29,30)(H,27,28,31)/t10-,12-,16-,17-/m0/s1. The summed E-state index contributed by atoms with van der Waals surface area (Å²) in [5.41, 5.74) is 6.29. The molecule has 1 aliphatic heterocycles. The van der Waals surface area contributed by atoms with Crippen LogP contribution in [0.4, 0.5) is 26.4 Å². The predicted octanol–water partition coefficient (Wildman–Crippen LogP) is 2.89. The van der Waals surface area contributed by atoms with Gasteiger partial charge in [-0.25, -0.2) is 18.7 Å². The lowest BCUT2D eigenvalue weighted by molar-refractivity contribution is -0.122. The number of aliphatic hydroxyl groups is 1. The minimum absolute atomic E-state index is 0.118. The van der Waals surface area contributed by atoms with E-state index in [1.165, 1.54) is 6.20 Å². The van der Waals surface area contributed by atoms with E-state index in [9.17, 15) is 18.7 Å². The van der Waals surface area contributed by atoms with Crippen molar-refractivity contribution in [3.63, 3.8) is 0 Å². The van der Waals surface area contributed by atoms with Crippen LogP contribution in [0.15, 0.2) is 18.3 Å². The fraction of sp³-hybridized carbons (Fsp3) is 0.455. The third-order valence-electron chi connectivity index (χ3n) is 6.51. The molecule has 0 radical (unpaired) electrons. The Morgan fingerprint density at radius 1 is 1.20 bits per heavy atom. The third-order valence-corrected chi connectivity index (χ3v) is 6.80. The van der Waals surface area contributed by atoms with Crippen molar-refractivity contribution in [1.29, 1.82) is 0 Å². The summed E-state index contributed by atoms with van der Waals surface area (Å²) >= 11 is 6.11. The van der Waals surface area contributed by atoms with Gasteiger partial charge in [0.15, 0.2) is 11.5 Å². The molecule has 0 bridgehead atoms. The second kappa shape index (κ2) is 9.51. The first kappa shape index (κ1) is 23.6. The number of fused-ring (bicyclic) bond motifs is 1. The first-order chi connectivity index (χ1) is 16.8. The lowest BCUT2D eigenvalue weighted by Gasteiger charge is -2.29. The molecular formula is C22H24ClF2N7O3. The van der Waals surface area contributed by atoms with Crippen LogP contribution in [0.1, 0.15) is 31.7 Å². The second-order valence-electron chi connectivity index (χ2n) is 8.84. The van der Waals surface area contributed by atoms with Gasteiger partial charge in [-0.15, -0.1) is 0 Å². The minimum atomic E-state index is -0.866. The number of nitrogens with zero attached hydrogens (tertiary/aromatic N) is 4. The van der Waals surface area contributed by atoms with E-state index in [1.807, 2.05) is 4.57 Å². The molecule has 2 fully saturated rings. The zero-order chi connectivity index (χ0) is 24.7. The normalized spacial score (nSPS) is 24.6. The number of hydrogen-bond acceptors (Lipinski definition) is 8. The highest BCUT2D eigenvalue weighted by Gasteiger charge is 2.30. The number of hydrogen-bond donors (Lipinski definition) is 4. The molecule has 0 spiro atoms. The van der Waals surface area contributed by atoms with Crippen LogP contribution in [0, 0.1) is 17.6 Å². The average Bonchev–Trinajstić information content (AvgIpc) is 3.38. The summed E-state index contributed by atoms with van der Waals surface area (Å²) in [6, 6.07) is 1.26. The molecule has 10 nitrogen and oxygen atoms in total. The number of benzene rings is 1. The molecule has 13 heteroatoms. The third kappa shape index (κ3) is 4.73. The highest BCUT2D eigenvalue weighted by molar-refractivity contribution is 6.33. The fourth-order valence-electron chi connectivity index (χ4n) is 4.63. The monoisotopic (exact) mass is 507 g/mol. The number of aliphatic hydroxyl groups excluding tert-OH is 1. The lowest BCUT2D eigenvalue weighted by Crippen LogP contribution is -2.32. The first-order valence-corrected chi connectivity index (χ1v) is 11.7. The molecule has 1 aromatic carbocycles. The van der Waals surface area contributed by atoms with Crippen LogP contribution >= 0.6 is 11.6 Å². The zero-order valence-corrected chi connectivity index (χ0v) is 19.3. The summed E-state index contributed by atoms with van der Waals surface area (Å²) in [7, 11) is 0. The number of rotatable bonds is 6. The van der Waals surface area contributed by atoms with E-state index in [0.29, 0.717) is 43.5 Å². The molecule has 1 saturated heterocycles. The van der Waals surface area contributed by atoms with E-state index in [2.05, 4.69) is 25.6 Å². The van der Waals surface area contributed by atoms with Gasteiger partial charge in [0.05, 0.1) is 42.3 Å². The van der Waals surface area contributed by atoms with Gasteiger partial charge in [0, 0.05) is 18.0 Å². The smallest absolute Gasteiger partial charge is 0.225 e. The van der Waals surface area contributed by atoms with E-state index in [4.69, 9.17) is 22.1 Å². The lowest BCUT2D eigenvalue weighted by atomic mass is 9.85. The Bertz CT molecular complexity index is 1240. The van der Waals surface area contributed by atoms with Crippen LogP contribution in [-0.2, 0) is 9.53 Å². The Morgan fingerprint density at radius 3 is 2.63 bits per heavy atom.